The number of hydrogen-bond donors (Lipinski definition) is 1. The molecular formula is C15H18N2O3. The zero-order chi connectivity index (χ0) is 14.9. The van der Waals surface area contributed by atoms with Gasteiger partial charge in [0.1, 0.15) is 5.54 Å². The van der Waals surface area contributed by atoms with Gasteiger partial charge in [-0.2, -0.15) is 0 Å². The third kappa shape index (κ3) is 2.31. The second kappa shape index (κ2) is 5.07. The number of Topliss-reactive ketones (excluding diaryl/α,β-unsaturated/α-hetero) is 1. The summed E-state index contributed by atoms with van der Waals surface area (Å²) in [6, 6.07) is 7.09. The number of para-hydroxylation sites is 1. The van der Waals surface area contributed by atoms with Crippen LogP contribution in [0.1, 0.15) is 37.6 Å². The molecule has 1 heterocycles. The van der Waals surface area contributed by atoms with Gasteiger partial charge in [-0.3, -0.25) is 19.7 Å². The van der Waals surface area contributed by atoms with Crippen molar-refractivity contribution in [3.05, 3.63) is 29.8 Å². The van der Waals surface area contributed by atoms with Crippen LogP contribution in [0.25, 0.3) is 0 Å². The highest BCUT2D eigenvalue weighted by Crippen LogP contribution is 2.30. The Morgan fingerprint density at radius 2 is 1.95 bits per heavy atom. The van der Waals surface area contributed by atoms with E-state index in [1.165, 1.54) is 0 Å². The quantitative estimate of drug-likeness (QED) is 0.670. The topological polar surface area (TPSA) is 66.5 Å². The fourth-order valence-corrected chi connectivity index (χ4v) is 2.30. The number of carbonyl (C=O) groups excluding carboxylic acids is 3. The van der Waals surface area contributed by atoms with Gasteiger partial charge in [-0.15, -0.1) is 0 Å². The molecule has 1 aliphatic rings. The van der Waals surface area contributed by atoms with Crippen molar-refractivity contribution in [3.63, 3.8) is 0 Å². The Morgan fingerprint density at radius 3 is 2.60 bits per heavy atom. The first-order chi connectivity index (χ1) is 9.37. The Balaban J connectivity index is 2.52. The minimum Gasteiger partial charge on any atom is -0.347 e. The Bertz CT molecular complexity index is 578. The molecule has 5 heteroatoms. The van der Waals surface area contributed by atoms with E-state index < -0.39 is 5.54 Å². The van der Waals surface area contributed by atoms with E-state index in [0.717, 1.165) is 0 Å². The molecule has 1 aliphatic heterocycles. The van der Waals surface area contributed by atoms with E-state index >= 15 is 0 Å². The van der Waals surface area contributed by atoms with E-state index in [0.29, 0.717) is 17.7 Å². The van der Waals surface area contributed by atoms with Crippen LogP contribution in [0.15, 0.2) is 24.3 Å². The number of nitrogens with zero attached hydrogens (tertiary/aromatic N) is 1. The second-order valence-corrected chi connectivity index (χ2v) is 5.32. The van der Waals surface area contributed by atoms with E-state index in [-0.39, 0.29) is 24.1 Å². The molecule has 0 aliphatic carbocycles. The highest BCUT2D eigenvalue weighted by Gasteiger charge is 2.41. The number of anilines is 1. The summed E-state index contributed by atoms with van der Waals surface area (Å²) >= 11 is 0. The van der Waals surface area contributed by atoms with E-state index in [4.69, 9.17) is 0 Å². The molecule has 0 bridgehead atoms. The predicted molar refractivity (Wildman–Crippen MR) is 75.6 cm³/mol. The molecule has 1 N–H and O–H groups in total. The maximum absolute atomic E-state index is 12.0. The summed E-state index contributed by atoms with van der Waals surface area (Å²) in [5, 5.41) is 2.33. The molecular weight excluding hydrogens is 256 g/mol. The summed E-state index contributed by atoms with van der Waals surface area (Å²) in [5.41, 5.74) is 0.302. The zero-order valence-electron chi connectivity index (χ0n) is 11.9. The molecule has 20 heavy (non-hydrogen) atoms. The van der Waals surface area contributed by atoms with Gasteiger partial charge in [0.25, 0.3) is 5.91 Å². The van der Waals surface area contributed by atoms with Crippen molar-refractivity contribution in [1.29, 1.82) is 0 Å². The molecule has 0 spiro atoms. The minimum atomic E-state index is -0.877. The zero-order valence-corrected chi connectivity index (χ0v) is 11.9. The van der Waals surface area contributed by atoms with E-state index in [2.05, 4.69) is 5.32 Å². The lowest BCUT2D eigenvalue weighted by atomic mass is 9.95. The average Bonchev–Trinajstić information content (AvgIpc) is 2.42. The lowest BCUT2D eigenvalue weighted by Crippen LogP contribution is -2.64. The average molecular weight is 274 g/mol. The van der Waals surface area contributed by atoms with Gasteiger partial charge in [0.2, 0.25) is 5.91 Å². The van der Waals surface area contributed by atoms with Gasteiger partial charge in [-0.05, 0) is 26.0 Å². The van der Waals surface area contributed by atoms with Crippen LogP contribution in [-0.4, -0.2) is 29.7 Å². The highest BCUT2D eigenvalue weighted by atomic mass is 16.2. The molecule has 0 unspecified atom stereocenters. The Kier molecular flexibility index (Phi) is 3.61. The molecule has 1 saturated heterocycles. The van der Waals surface area contributed by atoms with Crippen molar-refractivity contribution < 1.29 is 14.4 Å². The molecule has 0 saturated carbocycles. The number of amides is 2. The SMILES string of the molecule is CCC(=O)c1ccccc1N1CC(=O)NC(=O)C1(C)C. The van der Waals surface area contributed by atoms with Crippen LogP contribution in [-0.2, 0) is 9.59 Å². The third-order valence-corrected chi connectivity index (χ3v) is 3.60. The second-order valence-electron chi connectivity index (χ2n) is 5.32. The Labute approximate surface area is 118 Å². The molecule has 5 nitrogen and oxygen atoms in total. The molecule has 2 amide bonds. The van der Waals surface area contributed by atoms with Gasteiger partial charge < -0.3 is 4.90 Å². The Hall–Kier alpha value is -2.17. The minimum absolute atomic E-state index is 0.00479. The number of hydrogen-bond acceptors (Lipinski definition) is 4. The maximum atomic E-state index is 12.0. The number of imide groups is 1. The number of nitrogens with one attached hydrogen (secondary N) is 1. The standard InChI is InChI=1S/C15H18N2O3/c1-4-12(18)10-7-5-6-8-11(10)17-9-13(19)16-14(20)15(17,2)3/h5-8H,4,9H2,1-3H3,(H,16,19,20). The van der Waals surface area contributed by atoms with E-state index in [1.54, 1.807) is 49.9 Å². The first kappa shape index (κ1) is 14.2. The van der Waals surface area contributed by atoms with Gasteiger partial charge >= 0.3 is 0 Å². The predicted octanol–water partition coefficient (Wildman–Crippen LogP) is 1.52. The number of piperazine rings is 1. The number of ketones is 1. The van der Waals surface area contributed by atoms with Crippen LogP contribution >= 0.6 is 0 Å². The molecule has 2 rings (SSSR count). The summed E-state index contributed by atoms with van der Waals surface area (Å²) in [5.74, 6) is -0.713. The molecule has 0 radical (unpaired) electrons. The summed E-state index contributed by atoms with van der Waals surface area (Å²) in [7, 11) is 0. The van der Waals surface area contributed by atoms with E-state index in [9.17, 15) is 14.4 Å². The van der Waals surface area contributed by atoms with E-state index in [1.807, 2.05) is 0 Å². The number of rotatable bonds is 3. The van der Waals surface area contributed by atoms with Gasteiger partial charge in [0.05, 0.1) is 6.54 Å². The maximum Gasteiger partial charge on any atom is 0.251 e. The fraction of sp³-hybridized carbons (Fsp3) is 0.400. The largest absolute Gasteiger partial charge is 0.347 e. The summed E-state index contributed by atoms with van der Waals surface area (Å²) in [6.07, 6.45) is 0.380. The van der Waals surface area contributed by atoms with Gasteiger partial charge in [-0.1, -0.05) is 19.1 Å². The molecule has 0 aromatic heterocycles. The Morgan fingerprint density at radius 1 is 1.30 bits per heavy atom. The van der Waals surface area contributed by atoms with Crippen LogP contribution in [0.2, 0.25) is 0 Å². The van der Waals surface area contributed by atoms with Crippen molar-refractivity contribution in [3.8, 4) is 0 Å². The molecule has 1 aromatic carbocycles. The fourth-order valence-electron chi connectivity index (χ4n) is 2.30. The van der Waals surface area contributed by atoms with Crippen molar-refractivity contribution in [2.24, 2.45) is 0 Å². The first-order valence-electron chi connectivity index (χ1n) is 6.62. The number of carbonyl (C=O) groups is 3. The summed E-state index contributed by atoms with van der Waals surface area (Å²) in [4.78, 5) is 37.4. The lowest BCUT2D eigenvalue weighted by Gasteiger charge is -2.42. The monoisotopic (exact) mass is 274 g/mol. The van der Waals surface area contributed by atoms with Crippen LogP contribution in [0.5, 0.6) is 0 Å². The van der Waals surface area contributed by atoms with Gasteiger partial charge in [0, 0.05) is 17.7 Å². The van der Waals surface area contributed by atoms with Crippen molar-refractivity contribution in [2.75, 3.05) is 11.4 Å². The van der Waals surface area contributed by atoms with Gasteiger partial charge in [0.15, 0.2) is 5.78 Å². The number of benzene rings is 1. The van der Waals surface area contributed by atoms with Crippen LogP contribution in [0.4, 0.5) is 5.69 Å². The summed E-state index contributed by atoms with van der Waals surface area (Å²) < 4.78 is 0. The van der Waals surface area contributed by atoms with Crippen molar-refractivity contribution in [1.82, 2.24) is 5.32 Å². The molecule has 1 aromatic rings. The van der Waals surface area contributed by atoms with Crippen LogP contribution in [0.3, 0.4) is 0 Å². The third-order valence-electron chi connectivity index (χ3n) is 3.60. The molecule has 0 atom stereocenters. The lowest BCUT2D eigenvalue weighted by molar-refractivity contribution is -0.135. The highest BCUT2D eigenvalue weighted by molar-refractivity contribution is 6.09. The van der Waals surface area contributed by atoms with Crippen molar-refractivity contribution in [2.45, 2.75) is 32.7 Å². The molecule has 106 valence electrons. The normalized spacial score (nSPS) is 17.9. The van der Waals surface area contributed by atoms with Crippen LogP contribution < -0.4 is 10.2 Å². The van der Waals surface area contributed by atoms with Gasteiger partial charge in [-0.25, -0.2) is 0 Å². The summed E-state index contributed by atoms with van der Waals surface area (Å²) in [6.45, 7) is 5.33. The first-order valence-corrected chi connectivity index (χ1v) is 6.62. The molecule has 1 fully saturated rings. The van der Waals surface area contributed by atoms with Crippen LogP contribution in [0, 0.1) is 0 Å². The smallest absolute Gasteiger partial charge is 0.251 e. The van der Waals surface area contributed by atoms with Crippen molar-refractivity contribution >= 4 is 23.3 Å².